The van der Waals surface area contributed by atoms with Gasteiger partial charge < -0.3 is 10.2 Å². The van der Waals surface area contributed by atoms with Crippen LogP contribution in [0.5, 0.6) is 0 Å². The highest BCUT2D eigenvalue weighted by atomic mass is 32.1. The summed E-state index contributed by atoms with van der Waals surface area (Å²) in [6.45, 7) is 3.96. The lowest BCUT2D eigenvalue weighted by atomic mass is 10.5. The minimum absolute atomic E-state index is 0.330. The summed E-state index contributed by atoms with van der Waals surface area (Å²) in [6, 6.07) is 0. The van der Waals surface area contributed by atoms with E-state index in [-0.39, 0.29) is 0 Å². The van der Waals surface area contributed by atoms with Crippen LogP contribution in [0.15, 0.2) is 11.3 Å². The molecule has 0 aromatic carbocycles. The molecule has 0 saturated carbocycles. The lowest BCUT2D eigenvalue weighted by Gasteiger charge is -2.13. The van der Waals surface area contributed by atoms with Crippen LogP contribution in [-0.4, -0.2) is 34.0 Å². The van der Waals surface area contributed by atoms with Crippen LogP contribution in [0.2, 0.25) is 0 Å². The highest BCUT2D eigenvalue weighted by Gasteiger charge is 2.21. The largest absolute Gasteiger partial charge is 0.349 e. The van der Waals surface area contributed by atoms with Crippen molar-refractivity contribution in [1.82, 2.24) is 15.2 Å². The lowest BCUT2D eigenvalue weighted by molar-refractivity contribution is -0.485. The number of aromatic nitrogens is 1. The van der Waals surface area contributed by atoms with Gasteiger partial charge >= 0.3 is 0 Å². The van der Waals surface area contributed by atoms with Crippen LogP contribution in [0, 0.1) is 17.0 Å². The minimum Gasteiger partial charge on any atom is -0.349 e. The second-order valence-corrected chi connectivity index (χ2v) is 4.67. The molecule has 1 aromatic heterocycles. The van der Waals surface area contributed by atoms with Gasteiger partial charge in [0.1, 0.15) is 5.10 Å². The van der Waals surface area contributed by atoms with E-state index in [2.05, 4.69) is 15.4 Å². The first-order chi connectivity index (χ1) is 7.65. The van der Waals surface area contributed by atoms with E-state index < -0.39 is 5.03 Å². The number of nitro groups is 1. The zero-order valence-corrected chi connectivity index (χ0v) is 9.53. The average Bonchev–Trinajstić information content (AvgIpc) is 2.77. The van der Waals surface area contributed by atoms with Crippen molar-refractivity contribution < 1.29 is 5.03 Å². The van der Waals surface area contributed by atoms with Gasteiger partial charge in [-0.3, -0.25) is 0 Å². The Balaban J connectivity index is 2.06. The number of hydrogen-bond acceptors (Lipinski definition) is 4. The van der Waals surface area contributed by atoms with Gasteiger partial charge in [0, 0.05) is 24.2 Å². The molecule has 1 N–H and O–H groups in total. The van der Waals surface area contributed by atoms with Crippen molar-refractivity contribution >= 4 is 17.3 Å². The quantitative estimate of drug-likeness (QED) is 0.612. The summed E-state index contributed by atoms with van der Waals surface area (Å²) in [4.78, 5) is 17.4. The fourth-order valence-corrected chi connectivity index (χ4v) is 2.33. The van der Waals surface area contributed by atoms with Crippen LogP contribution in [0.25, 0.3) is 0 Å². The molecular weight excluding hydrogens is 230 g/mol. The van der Waals surface area contributed by atoms with Crippen LogP contribution >= 0.6 is 11.3 Å². The van der Waals surface area contributed by atoms with Crippen LogP contribution in [-0.2, 0) is 6.54 Å². The summed E-state index contributed by atoms with van der Waals surface area (Å²) < 4.78 is 0. The van der Waals surface area contributed by atoms with E-state index in [1.54, 1.807) is 17.5 Å². The van der Waals surface area contributed by atoms with Gasteiger partial charge in [-0.15, -0.1) is 11.3 Å². The second kappa shape index (κ2) is 4.44. The van der Waals surface area contributed by atoms with Crippen molar-refractivity contribution in [1.29, 1.82) is 0 Å². The van der Waals surface area contributed by atoms with Gasteiger partial charge in [-0.2, -0.15) is 0 Å². The van der Waals surface area contributed by atoms with Gasteiger partial charge in [0.15, 0.2) is 5.03 Å². The van der Waals surface area contributed by atoms with Gasteiger partial charge in [0.25, 0.3) is 5.96 Å². The molecule has 0 aliphatic carbocycles. The number of aryl methyl sites for hydroxylation is 1. The summed E-state index contributed by atoms with van der Waals surface area (Å²) in [5.41, 5.74) is 0. The Hall–Kier alpha value is -1.70. The van der Waals surface area contributed by atoms with E-state index in [0.717, 1.165) is 16.4 Å². The van der Waals surface area contributed by atoms with Crippen LogP contribution < -0.4 is 5.32 Å². The third-order valence-electron chi connectivity index (χ3n) is 2.16. The molecule has 0 radical (unpaired) electrons. The molecule has 0 unspecified atom stereocenters. The SMILES string of the molecule is Cc1ncc(CN2CCN/C2=N\[N+](=O)[O-])s1. The third-order valence-corrected chi connectivity index (χ3v) is 3.05. The zero-order valence-electron chi connectivity index (χ0n) is 8.71. The van der Waals surface area contributed by atoms with Gasteiger partial charge in [-0.1, -0.05) is 0 Å². The molecular formula is C8H11N5O2S. The van der Waals surface area contributed by atoms with Crippen molar-refractivity contribution in [3.8, 4) is 0 Å². The van der Waals surface area contributed by atoms with Gasteiger partial charge in [-0.05, 0) is 6.92 Å². The van der Waals surface area contributed by atoms with Crippen molar-refractivity contribution in [2.45, 2.75) is 13.5 Å². The molecule has 1 fully saturated rings. The number of nitrogens with one attached hydrogen (secondary N) is 1. The first-order valence-corrected chi connectivity index (χ1v) is 5.60. The van der Waals surface area contributed by atoms with Crippen molar-refractivity contribution in [2.75, 3.05) is 13.1 Å². The fourth-order valence-electron chi connectivity index (χ4n) is 1.52. The predicted molar refractivity (Wildman–Crippen MR) is 59.7 cm³/mol. The first kappa shape index (κ1) is 10.8. The molecule has 0 atom stereocenters. The molecule has 16 heavy (non-hydrogen) atoms. The van der Waals surface area contributed by atoms with E-state index in [0.29, 0.717) is 19.0 Å². The molecule has 8 heteroatoms. The topological polar surface area (TPSA) is 83.7 Å². The smallest absolute Gasteiger partial charge is 0.271 e. The Morgan fingerprint density at radius 2 is 2.62 bits per heavy atom. The number of guanidine groups is 1. The van der Waals surface area contributed by atoms with Crippen LogP contribution in [0.3, 0.4) is 0 Å². The lowest BCUT2D eigenvalue weighted by Crippen LogP contribution is -2.30. The van der Waals surface area contributed by atoms with E-state index in [1.165, 1.54) is 0 Å². The Bertz CT molecular complexity index is 430. The van der Waals surface area contributed by atoms with Gasteiger partial charge in [0.2, 0.25) is 0 Å². The molecule has 1 aliphatic rings. The fraction of sp³-hybridized carbons (Fsp3) is 0.500. The molecule has 86 valence electrons. The molecule has 1 aromatic rings. The van der Waals surface area contributed by atoms with Gasteiger partial charge in [0.05, 0.1) is 11.6 Å². The van der Waals surface area contributed by atoms with Crippen LogP contribution in [0.1, 0.15) is 9.88 Å². The van der Waals surface area contributed by atoms with Crippen molar-refractivity contribution in [2.24, 2.45) is 5.10 Å². The molecule has 7 nitrogen and oxygen atoms in total. The minimum atomic E-state index is -0.682. The first-order valence-electron chi connectivity index (χ1n) is 4.78. The maximum atomic E-state index is 10.3. The van der Waals surface area contributed by atoms with Crippen molar-refractivity contribution in [3.05, 3.63) is 26.2 Å². The van der Waals surface area contributed by atoms with Gasteiger partial charge in [-0.25, -0.2) is 15.1 Å². The molecule has 2 heterocycles. The Morgan fingerprint density at radius 3 is 3.25 bits per heavy atom. The average molecular weight is 241 g/mol. The number of hydrogen-bond donors (Lipinski definition) is 1. The summed E-state index contributed by atoms with van der Waals surface area (Å²) in [7, 11) is 0. The highest BCUT2D eigenvalue weighted by molar-refractivity contribution is 7.11. The van der Waals surface area contributed by atoms with E-state index in [4.69, 9.17) is 0 Å². The van der Waals surface area contributed by atoms with E-state index in [9.17, 15) is 10.1 Å². The molecule has 0 bridgehead atoms. The summed E-state index contributed by atoms with van der Waals surface area (Å²) in [5, 5.41) is 16.8. The number of nitrogens with zero attached hydrogens (tertiary/aromatic N) is 4. The highest BCUT2D eigenvalue weighted by Crippen LogP contribution is 2.15. The number of thiazole rings is 1. The maximum Gasteiger partial charge on any atom is 0.271 e. The monoisotopic (exact) mass is 241 g/mol. The summed E-state index contributed by atoms with van der Waals surface area (Å²) >= 11 is 1.59. The Labute approximate surface area is 95.9 Å². The molecule has 0 spiro atoms. The van der Waals surface area contributed by atoms with Crippen molar-refractivity contribution in [3.63, 3.8) is 0 Å². The number of hydrazone groups is 1. The third kappa shape index (κ3) is 2.45. The molecule has 1 saturated heterocycles. The van der Waals surface area contributed by atoms with E-state index >= 15 is 0 Å². The Kier molecular flexibility index (Phi) is 3.00. The Morgan fingerprint density at radius 1 is 1.81 bits per heavy atom. The normalized spacial score (nSPS) is 17.8. The molecule has 2 rings (SSSR count). The van der Waals surface area contributed by atoms with Crippen LogP contribution in [0.4, 0.5) is 0 Å². The molecule has 1 aliphatic heterocycles. The molecule has 0 amide bonds. The summed E-state index contributed by atoms with van der Waals surface area (Å²) in [6.07, 6.45) is 1.79. The second-order valence-electron chi connectivity index (χ2n) is 3.36. The van der Waals surface area contributed by atoms with E-state index in [1.807, 2.05) is 11.8 Å². The summed E-state index contributed by atoms with van der Waals surface area (Å²) in [5.74, 6) is 0.330. The maximum absolute atomic E-state index is 10.3. The number of rotatable bonds is 3. The zero-order chi connectivity index (χ0) is 11.5. The predicted octanol–water partition coefficient (Wildman–Crippen LogP) is 0.404. The standard InChI is InChI=1S/C8H11N5O2S/c1-6-10-4-7(16-6)5-12-3-2-9-8(12)11-13(14)15/h4H,2-3,5H2,1H3,(H,9,11).